The molecule has 0 fully saturated rings. The topological polar surface area (TPSA) is 20.2 Å². The molecule has 0 aliphatic rings. The van der Waals surface area contributed by atoms with Crippen LogP contribution in [0, 0.1) is 23.7 Å². The molecular formula is C16H21ClO. The van der Waals surface area contributed by atoms with E-state index in [1.807, 2.05) is 6.92 Å². The first-order valence-corrected chi connectivity index (χ1v) is 6.83. The Balaban J connectivity index is 3.49. The Kier molecular flexibility index (Phi) is 13.0. The van der Waals surface area contributed by atoms with Gasteiger partial charge in [-0.25, -0.2) is 0 Å². The van der Waals surface area contributed by atoms with E-state index in [2.05, 4.69) is 23.7 Å². The van der Waals surface area contributed by atoms with E-state index in [0.717, 1.165) is 38.5 Å². The molecule has 0 radical (unpaired) electrons. The zero-order valence-electron chi connectivity index (χ0n) is 11.0. The van der Waals surface area contributed by atoms with Crippen LogP contribution in [0.4, 0.5) is 0 Å². The number of rotatable bonds is 7. The lowest BCUT2D eigenvalue weighted by molar-refractivity contribution is 0.156. The molecule has 0 aromatic rings. The normalized spacial score (nSPS) is 11.9. The predicted octanol–water partition coefficient (Wildman–Crippen LogP) is 4.02. The largest absolute Gasteiger partial charge is 0.393 e. The maximum atomic E-state index is 9.35. The fraction of sp³-hybridized carbons (Fsp3) is 0.500. The van der Waals surface area contributed by atoms with Crippen LogP contribution in [0.25, 0.3) is 0 Å². The third-order valence-corrected chi connectivity index (χ3v) is 2.54. The van der Waals surface area contributed by atoms with Gasteiger partial charge in [0.2, 0.25) is 0 Å². The van der Waals surface area contributed by atoms with Crippen LogP contribution in [0.2, 0.25) is 0 Å². The Morgan fingerprint density at radius 3 is 2.72 bits per heavy atom. The number of allylic oxidation sites excluding steroid dienone is 3. The van der Waals surface area contributed by atoms with Crippen molar-refractivity contribution in [3.05, 3.63) is 23.8 Å². The molecular weight excluding hydrogens is 244 g/mol. The van der Waals surface area contributed by atoms with E-state index in [9.17, 15) is 5.11 Å². The Hall–Kier alpha value is -1.15. The Morgan fingerprint density at radius 1 is 1.17 bits per heavy atom. The van der Waals surface area contributed by atoms with Gasteiger partial charge < -0.3 is 5.11 Å². The van der Waals surface area contributed by atoms with Crippen molar-refractivity contribution in [1.29, 1.82) is 0 Å². The minimum Gasteiger partial charge on any atom is -0.393 e. The number of aliphatic hydroxyl groups is 1. The molecule has 0 aromatic carbocycles. The lowest BCUT2D eigenvalue weighted by Crippen LogP contribution is -2.03. The van der Waals surface area contributed by atoms with Crippen molar-refractivity contribution in [3.8, 4) is 23.7 Å². The van der Waals surface area contributed by atoms with Crippen LogP contribution >= 0.6 is 11.6 Å². The third-order valence-electron chi connectivity index (χ3n) is 2.40. The quantitative estimate of drug-likeness (QED) is 0.418. The number of hydrogen-bond acceptors (Lipinski definition) is 1. The van der Waals surface area contributed by atoms with Gasteiger partial charge in [-0.05, 0) is 37.2 Å². The first kappa shape index (κ1) is 16.9. The maximum absolute atomic E-state index is 9.35. The highest BCUT2D eigenvalue weighted by atomic mass is 35.5. The van der Waals surface area contributed by atoms with Crippen molar-refractivity contribution in [1.82, 2.24) is 0 Å². The average molecular weight is 265 g/mol. The maximum Gasteiger partial charge on any atom is 0.0537 e. The number of halogens is 1. The molecule has 0 unspecified atom stereocenters. The van der Waals surface area contributed by atoms with Gasteiger partial charge in [0.15, 0.2) is 0 Å². The second-order valence-electron chi connectivity index (χ2n) is 3.91. The average Bonchev–Trinajstić information content (AvgIpc) is 2.39. The highest BCUT2D eigenvalue weighted by molar-refractivity contribution is 6.25. The summed E-state index contributed by atoms with van der Waals surface area (Å²) < 4.78 is 0. The van der Waals surface area contributed by atoms with Crippen LogP contribution in [-0.4, -0.2) is 11.2 Å². The van der Waals surface area contributed by atoms with Crippen LogP contribution in [0.5, 0.6) is 0 Å². The van der Waals surface area contributed by atoms with E-state index in [1.165, 1.54) is 5.54 Å². The highest BCUT2D eigenvalue weighted by Crippen LogP contribution is 2.07. The molecule has 98 valence electrons. The Morgan fingerprint density at radius 2 is 2.00 bits per heavy atom. The van der Waals surface area contributed by atoms with Crippen molar-refractivity contribution >= 4 is 11.6 Å². The van der Waals surface area contributed by atoms with Crippen LogP contribution in [0.15, 0.2) is 23.8 Å². The van der Waals surface area contributed by atoms with Crippen molar-refractivity contribution < 1.29 is 5.11 Å². The summed E-state index contributed by atoms with van der Waals surface area (Å²) in [7, 11) is 0. The molecule has 0 rings (SSSR count). The van der Waals surface area contributed by atoms with E-state index in [1.54, 1.807) is 18.2 Å². The monoisotopic (exact) mass is 264 g/mol. The summed E-state index contributed by atoms with van der Waals surface area (Å²) in [5, 5.41) is 9.35. The van der Waals surface area contributed by atoms with Crippen molar-refractivity contribution in [2.45, 2.75) is 51.6 Å². The molecule has 0 saturated heterocycles. The molecule has 0 heterocycles. The summed E-state index contributed by atoms with van der Waals surface area (Å²) in [5.41, 5.74) is 1.43. The molecule has 0 spiro atoms. The minimum atomic E-state index is -0.129. The molecule has 1 nitrogen and oxygen atoms in total. The van der Waals surface area contributed by atoms with Gasteiger partial charge in [0, 0.05) is 12.0 Å². The standard InChI is InChI=1S/C16H21ClO/c1-2-16(18)14-12-10-8-6-4-3-5-7-9-11-13-15-17/h9,11,13,15-16,18H,2,6,8,10,12,14H2,1H3/b11-9-,15-13-/t16-/m0/s1. The second-order valence-corrected chi connectivity index (χ2v) is 4.16. The molecule has 0 amide bonds. The first-order chi connectivity index (χ1) is 8.81. The zero-order chi connectivity index (χ0) is 13.5. The number of hydrogen-bond donors (Lipinski definition) is 1. The lowest BCUT2D eigenvalue weighted by atomic mass is 10.1. The van der Waals surface area contributed by atoms with E-state index >= 15 is 0 Å². The smallest absolute Gasteiger partial charge is 0.0537 e. The van der Waals surface area contributed by atoms with Gasteiger partial charge in [0.25, 0.3) is 0 Å². The number of unbranched alkanes of at least 4 members (excludes halogenated alkanes) is 3. The predicted molar refractivity (Wildman–Crippen MR) is 79.1 cm³/mol. The van der Waals surface area contributed by atoms with Crippen LogP contribution in [0.1, 0.15) is 45.4 Å². The van der Waals surface area contributed by atoms with Crippen LogP contribution in [-0.2, 0) is 0 Å². The highest BCUT2D eigenvalue weighted by Gasteiger charge is 1.98. The fourth-order valence-corrected chi connectivity index (χ4v) is 1.39. The van der Waals surface area contributed by atoms with E-state index in [4.69, 9.17) is 11.6 Å². The zero-order valence-corrected chi connectivity index (χ0v) is 11.7. The van der Waals surface area contributed by atoms with Crippen molar-refractivity contribution in [2.24, 2.45) is 0 Å². The SMILES string of the molecule is CC[C@H](O)CCCCCC#CC#C/C=C\C=C/Cl. The fourth-order valence-electron chi connectivity index (χ4n) is 1.30. The molecule has 2 heteroatoms. The molecule has 0 aliphatic heterocycles. The summed E-state index contributed by atoms with van der Waals surface area (Å²) in [6.07, 6.45) is 11.0. The summed E-state index contributed by atoms with van der Waals surface area (Å²) in [6.45, 7) is 2.01. The van der Waals surface area contributed by atoms with Crippen molar-refractivity contribution in [3.63, 3.8) is 0 Å². The molecule has 0 saturated carbocycles. The Labute approximate surface area is 116 Å². The van der Waals surface area contributed by atoms with E-state index < -0.39 is 0 Å². The van der Waals surface area contributed by atoms with Gasteiger partial charge in [0.1, 0.15) is 0 Å². The summed E-state index contributed by atoms with van der Waals surface area (Å²) >= 11 is 5.33. The Bertz CT molecular complexity index is 360. The van der Waals surface area contributed by atoms with Crippen LogP contribution in [0.3, 0.4) is 0 Å². The molecule has 18 heavy (non-hydrogen) atoms. The molecule has 1 N–H and O–H groups in total. The third kappa shape index (κ3) is 12.9. The molecule has 1 atom stereocenters. The summed E-state index contributed by atoms with van der Waals surface area (Å²) in [4.78, 5) is 0. The first-order valence-electron chi connectivity index (χ1n) is 6.39. The van der Waals surface area contributed by atoms with E-state index in [-0.39, 0.29) is 6.10 Å². The molecule has 0 aliphatic carbocycles. The lowest BCUT2D eigenvalue weighted by Gasteiger charge is -2.05. The minimum absolute atomic E-state index is 0.129. The van der Waals surface area contributed by atoms with Gasteiger partial charge >= 0.3 is 0 Å². The summed E-state index contributed by atoms with van der Waals surface area (Å²) in [6, 6.07) is 0. The van der Waals surface area contributed by atoms with Gasteiger partial charge in [0.05, 0.1) is 6.10 Å². The second kappa shape index (κ2) is 13.9. The van der Waals surface area contributed by atoms with Gasteiger partial charge in [-0.3, -0.25) is 0 Å². The molecule has 0 bridgehead atoms. The van der Waals surface area contributed by atoms with Crippen molar-refractivity contribution in [2.75, 3.05) is 0 Å². The van der Waals surface area contributed by atoms with Gasteiger partial charge in [-0.1, -0.05) is 55.4 Å². The summed E-state index contributed by atoms with van der Waals surface area (Å²) in [5.74, 6) is 11.4. The van der Waals surface area contributed by atoms with Gasteiger partial charge in [-0.15, -0.1) is 0 Å². The number of aliphatic hydroxyl groups excluding tert-OH is 1. The molecule has 0 aromatic heterocycles. The van der Waals surface area contributed by atoms with E-state index in [0.29, 0.717) is 0 Å². The van der Waals surface area contributed by atoms with Gasteiger partial charge in [-0.2, -0.15) is 0 Å². The van der Waals surface area contributed by atoms with Crippen LogP contribution < -0.4 is 0 Å².